The number of hydrogen-bond donors (Lipinski definition) is 1. The zero-order chi connectivity index (χ0) is 12.3. The smallest absolute Gasteiger partial charge is 0.225 e. The Kier molecular flexibility index (Phi) is 3.48. The Balaban J connectivity index is 2.87. The average Bonchev–Trinajstić information content (AvgIpc) is 2.15. The molecule has 1 amide bonds. The van der Waals surface area contributed by atoms with Crippen LogP contribution < -0.4 is 5.73 Å². The first-order valence-electron chi connectivity index (χ1n) is 5.23. The lowest BCUT2D eigenvalue weighted by atomic mass is 9.86. The molecule has 0 aliphatic carbocycles. The number of carbonyl (C=O) groups is 2. The first kappa shape index (κ1) is 12.4. The average molecular weight is 219 g/mol. The first-order valence-corrected chi connectivity index (χ1v) is 5.23. The Morgan fingerprint density at radius 2 is 1.62 bits per heavy atom. The number of hydrogen-bond acceptors (Lipinski definition) is 2. The summed E-state index contributed by atoms with van der Waals surface area (Å²) in [6.07, 6.45) is -0.227. The van der Waals surface area contributed by atoms with Crippen molar-refractivity contribution in [2.75, 3.05) is 0 Å². The summed E-state index contributed by atoms with van der Waals surface area (Å²) >= 11 is 0. The predicted octanol–water partition coefficient (Wildman–Crippen LogP) is 2.04. The van der Waals surface area contributed by atoms with E-state index in [-0.39, 0.29) is 17.6 Å². The number of nitrogens with two attached hydrogens (primary N) is 1. The van der Waals surface area contributed by atoms with Crippen LogP contribution in [0.15, 0.2) is 24.3 Å². The molecule has 1 rings (SSSR count). The Labute approximate surface area is 95.6 Å². The maximum atomic E-state index is 11.5. The second kappa shape index (κ2) is 4.47. The summed E-state index contributed by atoms with van der Waals surface area (Å²) in [7, 11) is 0. The van der Waals surface area contributed by atoms with Gasteiger partial charge >= 0.3 is 0 Å². The molecule has 0 unspecified atom stereocenters. The predicted molar refractivity (Wildman–Crippen MR) is 63.3 cm³/mol. The Hall–Kier alpha value is -1.64. The highest BCUT2D eigenvalue weighted by Gasteiger charge is 2.14. The number of amides is 1. The van der Waals surface area contributed by atoms with E-state index >= 15 is 0 Å². The van der Waals surface area contributed by atoms with E-state index in [1.165, 1.54) is 0 Å². The molecule has 0 radical (unpaired) electrons. The van der Waals surface area contributed by atoms with Gasteiger partial charge in [-0.3, -0.25) is 9.59 Å². The van der Waals surface area contributed by atoms with Crippen molar-refractivity contribution < 1.29 is 9.59 Å². The standard InChI is InChI=1S/C13H17NO2/c1-13(2,3)10-6-4-9(5-7-10)11(15)8-12(14)16/h4-7H,8H2,1-3H3,(H2,14,16). The van der Waals surface area contributed by atoms with E-state index in [0.717, 1.165) is 5.56 Å². The molecule has 0 aromatic heterocycles. The second-order valence-corrected chi connectivity index (χ2v) is 4.89. The SMILES string of the molecule is CC(C)(C)c1ccc(C(=O)CC(N)=O)cc1. The third-order valence-electron chi connectivity index (χ3n) is 2.41. The molecule has 0 heterocycles. The summed E-state index contributed by atoms with van der Waals surface area (Å²) in [5, 5.41) is 0. The van der Waals surface area contributed by atoms with Gasteiger partial charge in [0, 0.05) is 5.56 Å². The number of rotatable bonds is 3. The second-order valence-electron chi connectivity index (χ2n) is 4.89. The van der Waals surface area contributed by atoms with E-state index in [1.54, 1.807) is 12.1 Å². The lowest BCUT2D eigenvalue weighted by Crippen LogP contribution is -2.16. The van der Waals surface area contributed by atoms with Crippen LogP contribution in [0.25, 0.3) is 0 Å². The lowest BCUT2D eigenvalue weighted by Gasteiger charge is -2.18. The highest BCUT2D eigenvalue weighted by Crippen LogP contribution is 2.22. The molecule has 3 heteroatoms. The molecule has 0 aliphatic rings. The van der Waals surface area contributed by atoms with Gasteiger partial charge in [0.25, 0.3) is 0 Å². The van der Waals surface area contributed by atoms with Crippen LogP contribution in [0, 0.1) is 0 Å². The fourth-order valence-corrected chi connectivity index (χ4v) is 1.42. The monoisotopic (exact) mass is 219 g/mol. The molecule has 3 nitrogen and oxygen atoms in total. The highest BCUT2D eigenvalue weighted by molar-refractivity contribution is 6.06. The fourth-order valence-electron chi connectivity index (χ4n) is 1.42. The van der Waals surface area contributed by atoms with Crippen LogP contribution in [0.3, 0.4) is 0 Å². The first-order chi connectivity index (χ1) is 7.30. The van der Waals surface area contributed by atoms with Crippen molar-refractivity contribution in [2.45, 2.75) is 32.6 Å². The molecule has 0 saturated heterocycles. The molecule has 2 N–H and O–H groups in total. The minimum absolute atomic E-state index is 0.0608. The van der Waals surface area contributed by atoms with E-state index in [9.17, 15) is 9.59 Å². The highest BCUT2D eigenvalue weighted by atomic mass is 16.2. The van der Waals surface area contributed by atoms with E-state index < -0.39 is 5.91 Å². The van der Waals surface area contributed by atoms with E-state index in [4.69, 9.17) is 5.73 Å². The van der Waals surface area contributed by atoms with Crippen molar-refractivity contribution in [1.82, 2.24) is 0 Å². The molecule has 86 valence electrons. The molecule has 0 atom stereocenters. The quantitative estimate of drug-likeness (QED) is 0.624. The summed E-state index contributed by atoms with van der Waals surface area (Å²) in [6.45, 7) is 6.31. The maximum Gasteiger partial charge on any atom is 0.225 e. The van der Waals surface area contributed by atoms with E-state index in [0.29, 0.717) is 5.56 Å². The van der Waals surface area contributed by atoms with Gasteiger partial charge in [0.2, 0.25) is 5.91 Å². The number of primary amides is 1. The van der Waals surface area contributed by atoms with Crippen LogP contribution in [-0.4, -0.2) is 11.7 Å². The molecule has 0 fully saturated rings. The molecular weight excluding hydrogens is 202 g/mol. The lowest BCUT2D eigenvalue weighted by molar-refractivity contribution is -0.117. The minimum atomic E-state index is -0.593. The van der Waals surface area contributed by atoms with Crippen LogP contribution in [-0.2, 0) is 10.2 Å². The van der Waals surface area contributed by atoms with Gasteiger partial charge in [0.1, 0.15) is 0 Å². The molecule has 16 heavy (non-hydrogen) atoms. The summed E-state index contributed by atoms with van der Waals surface area (Å²) in [5.74, 6) is -0.821. The van der Waals surface area contributed by atoms with Gasteiger partial charge in [0.15, 0.2) is 5.78 Å². The van der Waals surface area contributed by atoms with Crippen LogP contribution in [0.2, 0.25) is 0 Å². The molecule has 0 spiro atoms. The van der Waals surface area contributed by atoms with E-state index in [2.05, 4.69) is 20.8 Å². The number of carbonyl (C=O) groups excluding carboxylic acids is 2. The molecular formula is C13H17NO2. The van der Waals surface area contributed by atoms with Crippen LogP contribution in [0.5, 0.6) is 0 Å². The van der Waals surface area contributed by atoms with Crippen molar-refractivity contribution >= 4 is 11.7 Å². The molecule has 0 bridgehead atoms. The topological polar surface area (TPSA) is 60.2 Å². The van der Waals surface area contributed by atoms with Gasteiger partial charge in [-0.1, -0.05) is 45.0 Å². The zero-order valence-electron chi connectivity index (χ0n) is 9.91. The van der Waals surface area contributed by atoms with Crippen molar-refractivity contribution in [3.05, 3.63) is 35.4 Å². The Morgan fingerprint density at radius 3 is 2.00 bits per heavy atom. The summed E-state index contributed by atoms with van der Waals surface area (Å²) < 4.78 is 0. The Morgan fingerprint density at radius 1 is 1.12 bits per heavy atom. The van der Waals surface area contributed by atoms with Gasteiger partial charge < -0.3 is 5.73 Å². The van der Waals surface area contributed by atoms with Crippen molar-refractivity contribution in [2.24, 2.45) is 5.73 Å². The molecule has 0 saturated carbocycles. The van der Waals surface area contributed by atoms with Gasteiger partial charge in [0.05, 0.1) is 6.42 Å². The minimum Gasteiger partial charge on any atom is -0.369 e. The summed E-state index contributed by atoms with van der Waals surface area (Å²) in [5.41, 5.74) is 6.72. The molecule has 1 aromatic carbocycles. The molecule has 0 aliphatic heterocycles. The maximum absolute atomic E-state index is 11.5. The van der Waals surface area contributed by atoms with E-state index in [1.807, 2.05) is 12.1 Å². The number of ketones is 1. The van der Waals surface area contributed by atoms with Crippen LogP contribution in [0.1, 0.15) is 43.1 Å². The van der Waals surface area contributed by atoms with Gasteiger partial charge in [-0.15, -0.1) is 0 Å². The number of Topliss-reactive ketones (excluding diaryl/α,β-unsaturated/α-hetero) is 1. The van der Waals surface area contributed by atoms with Crippen molar-refractivity contribution in [1.29, 1.82) is 0 Å². The third-order valence-corrected chi connectivity index (χ3v) is 2.41. The summed E-state index contributed by atoms with van der Waals surface area (Å²) in [4.78, 5) is 22.1. The van der Waals surface area contributed by atoms with Gasteiger partial charge in [-0.2, -0.15) is 0 Å². The third kappa shape index (κ3) is 3.19. The van der Waals surface area contributed by atoms with Gasteiger partial charge in [-0.05, 0) is 11.0 Å². The van der Waals surface area contributed by atoms with Crippen molar-refractivity contribution in [3.63, 3.8) is 0 Å². The normalized spacial score (nSPS) is 11.2. The zero-order valence-corrected chi connectivity index (χ0v) is 9.91. The summed E-state index contributed by atoms with van der Waals surface area (Å²) in [6, 6.07) is 7.31. The fraction of sp³-hybridized carbons (Fsp3) is 0.385. The van der Waals surface area contributed by atoms with Crippen LogP contribution in [0.4, 0.5) is 0 Å². The number of benzene rings is 1. The Bertz CT molecular complexity index is 399. The largest absolute Gasteiger partial charge is 0.369 e. The van der Waals surface area contributed by atoms with Crippen LogP contribution >= 0.6 is 0 Å². The molecule has 1 aromatic rings. The van der Waals surface area contributed by atoms with Crippen molar-refractivity contribution in [3.8, 4) is 0 Å². The van der Waals surface area contributed by atoms with Gasteiger partial charge in [-0.25, -0.2) is 0 Å².